The minimum Gasteiger partial charge on any atom is -0.356 e. The van der Waals surface area contributed by atoms with Crippen molar-refractivity contribution in [3.63, 3.8) is 0 Å². The third-order valence-corrected chi connectivity index (χ3v) is 5.30. The van der Waals surface area contributed by atoms with Gasteiger partial charge in [0.1, 0.15) is 0 Å². The van der Waals surface area contributed by atoms with Crippen molar-refractivity contribution in [2.45, 2.75) is 38.5 Å². The Kier molecular flexibility index (Phi) is 13.5. The highest BCUT2D eigenvalue weighted by Crippen LogP contribution is 1.99. The molecule has 6 N–H and O–H groups in total. The number of unbranched alkanes of at least 4 members (excludes halogenated alkanes) is 1. The van der Waals surface area contributed by atoms with Crippen LogP contribution in [0.15, 0.2) is 60.7 Å². The number of hydrogen-bond acceptors (Lipinski definition) is 2. The van der Waals surface area contributed by atoms with Gasteiger partial charge in [0.2, 0.25) is 11.8 Å². The summed E-state index contributed by atoms with van der Waals surface area (Å²) < 4.78 is 0. The van der Waals surface area contributed by atoms with Gasteiger partial charge in [-0.05, 0) is 11.1 Å². The molecule has 0 aliphatic heterocycles. The molecule has 0 bridgehead atoms. The summed E-state index contributed by atoms with van der Waals surface area (Å²) >= 11 is 0. The van der Waals surface area contributed by atoms with Crippen molar-refractivity contribution in [2.75, 3.05) is 39.3 Å². The van der Waals surface area contributed by atoms with Crippen LogP contribution in [0.1, 0.15) is 36.8 Å². The normalized spacial score (nSPS) is 10.6. The molecule has 0 heterocycles. The predicted molar refractivity (Wildman–Crippen MR) is 128 cm³/mol. The van der Waals surface area contributed by atoms with E-state index in [2.05, 4.69) is 21.3 Å². The lowest BCUT2D eigenvalue weighted by atomic mass is 10.1. The molecule has 0 aromatic heterocycles. The number of hydrogen-bond donors (Lipinski definition) is 4. The summed E-state index contributed by atoms with van der Waals surface area (Å²) in [5.74, 6) is 0.199. The summed E-state index contributed by atoms with van der Waals surface area (Å²) in [6.45, 7) is 5.88. The number of carbonyl (C=O) groups is 2. The maximum atomic E-state index is 11.9. The standard InChI is InChI=1S/C26H38N4O2/c31-25(21-23-11-3-1-4-12-23)29-19-9-17-27-15-7-8-16-28-18-10-20-30-26(32)22-24-13-5-2-6-14-24/h1-6,11-14,27-28H,7-10,15-22H2,(H,29,31)(H,30,32)/p+2. The predicted octanol–water partition coefficient (Wildman–Crippen LogP) is 0.391. The fourth-order valence-electron chi connectivity index (χ4n) is 3.50. The van der Waals surface area contributed by atoms with Gasteiger partial charge >= 0.3 is 0 Å². The SMILES string of the molecule is O=C(Cc1ccccc1)NCCC[NH2+]CCCC[NH2+]CCCNC(=O)Cc1ccccc1. The number of carbonyl (C=O) groups excluding carboxylic acids is 2. The molecule has 0 radical (unpaired) electrons. The fraction of sp³-hybridized carbons (Fsp3) is 0.462. The lowest BCUT2D eigenvalue weighted by Crippen LogP contribution is -2.86. The number of rotatable bonds is 17. The maximum Gasteiger partial charge on any atom is 0.224 e. The first-order valence-corrected chi connectivity index (χ1v) is 12.0. The Morgan fingerprint density at radius 2 is 0.938 bits per heavy atom. The van der Waals surface area contributed by atoms with Crippen LogP contribution in [-0.2, 0) is 22.4 Å². The second kappa shape index (κ2) is 16.9. The quantitative estimate of drug-likeness (QED) is 0.268. The molecule has 0 unspecified atom stereocenters. The highest BCUT2D eigenvalue weighted by molar-refractivity contribution is 5.78. The Bertz CT molecular complexity index is 687. The molecule has 6 nitrogen and oxygen atoms in total. The first kappa shape index (κ1) is 25.6. The molecule has 32 heavy (non-hydrogen) atoms. The molecule has 2 aromatic rings. The van der Waals surface area contributed by atoms with Crippen LogP contribution in [0.4, 0.5) is 0 Å². The molecule has 0 saturated carbocycles. The van der Waals surface area contributed by atoms with Crippen molar-refractivity contribution in [2.24, 2.45) is 0 Å². The molecule has 2 rings (SSSR count). The largest absolute Gasteiger partial charge is 0.356 e. The number of nitrogens with one attached hydrogen (secondary N) is 2. The molecule has 0 saturated heterocycles. The highest BCUT2D eigenvalue weighted by Gasteiger charge is 2.03. The number of benzene rings is 2. The maximum absolute atomic E-state index is 11.9. The van der Waals surface area contributed by atoms with Crippen molar-refractivity contribution in [3.05, 3.63) is 71.8 Å². The molecule has 0 spiro atoms. The number of nitrogens with two attached hydrogens (primary N) is 2. The molecule has 2 aromatic carbocycles. The molecular formula is C26H40N4O2+2. The van der Waals surface area contributed by atoms with Gasteiger partial charge in [0.25, 0.3) is 0 Å². The van der Waals surface area contributed by atoms with E-state index >= 15 is 0 Å². The first-order valence-electron chi connectivity index (χ1n) is 12.0. The van der Waals surface area contributed by atoms with E-state index in [0.717, 1.165) is 63.2 Å². The van der Waals surface area contributed by atoms with Gasteiger partial charge in [-0.1, -0.05) is 60.7 Å². The molecule has 0 atom stereocenters. The monoisotopic (exact) mass is 440 g/mol. The Hall–Kier alpha value is -2.70. The Labute approximate surface area is 192 Å². The van der Waals surface area contributed by atoms with Crippen molar-refractivity contribution in [3.8, 4) is 0 Å². The van der Waals surface area contributed by atoms with Gasteiger partial charge in [0, 0.05) is 38.8 Å². The Morgan fingerprint density at radius 3 is 1.34 bits per heavy atom. The third kappa shape index (κ3) is 12.9. The number of quaternary nitrogens is 2. The second-order valence-corrected chi connectivity index (χ2v) is 8.17. The molecule has 6 heteroatoms. The minimum atomic E-state index is 0.0995. The summed E-state index contributed by atoms with van der Waals surface area (Å²) in [5, 5.41) is 10.7. The average molecular weight is 441 g/mol. The van der Waals surface area contributed by atoms with Gasteiger partial charge in [-0.25, -0.2) is 0 Å². The second-order valence-electron chi connectivity index (χ2n) is 8.17. The molecule has 0 aliphatic carbocycles. The lowest BCUT2D eigenvalue weighted by molar-refractivity contribution is -0.664. The smallest absolute Gasteiger partial charge is 0.224 e. The lowest BCUT2D eigenvalue weighted by Gasteiger charge is -2.06. The van der Waals surface area contributed by atoms with Crippen LogP contribution in [0.2, 0.25) is 0 Å². The highest BCUT2D eigenvalue weighted by atomic mass is 16.2. The summed E-state index contributed by atoms with van der Waals surface area (Å²) in [6, 6.07) is 19.7. The van der Waals surface area contributed by atoms with Gasteiger partial charge < -0.3 is 21.3 Å². The number of amides is 2. The van der Waals surface area contributed by atoms with E-state index in [1.54, 1.807) is 0 Å². The van der Waals surface area contributed by atoms with E-state index in [-0.39, 0.29) is 11.8 Å². The van der Waals surface area contributed by atoms with Gasteiger partial charge in [-0.3, -0.25) is 9.59 Å². The van der Waals surface area contributed by atoms with Crippen LogP contribution >= 0.6 is 0 Å². The topological polar surface area (TPSA) is 91.4 Å². The van der Waals surface area contributed by atoms with Crippen LogP contribution in [0.3, 0.4) is 0 Å². The summed E-state index contributed by atoms with van der Waals surface area (Å²) in [6.07, 6.45) is 5.35. The van der Waals surface area contributed by atoms with Crippen LogP contribution in [0.5, 0.6) is 0 Å². The van der Waals surface area contributed by atoms with Gasteiger partial charge in [0.05, 0.1) is 39.0 Å². The van der Waals surface area contributed by atoms with Crippen LogP contribution in [0, 0.1) is 0 Å². The van der Waals surface area contributed by atoms with E-state index < -0.39 is 0 Å². The van der Waals surface area contributed by atoms with Crippen molar-refractivity contribution in [1.82, 2.24) is 10.6 Å². The average Bonchev–Trinajstić information content (AvgIpc) is 2.80. The van der Waals surface area contributed by atoms with Crippen molar-refractivity contribution in [1.29, 1.82) is 0 Å². The molecule has 0 aliphatic rings. The molecular weight excluding hydrogens is 400 g/mol. The van der Waals surface area contributed by atoms with Gasteiger partial charge in [0.15, 0.2) is 0 Å². The van der Waals surface area contributed by atoms with Gasteiger partial charge in [-0.2, -0.15) is 0 Å². The minimum absolute atomic E-state index is 0.0995. The third-order valence-electron chi connectivity index (χ3n) is 5.30. The molecule has 0 fully saturated rings. The zero-order valence-electron chi connectivity index (χ0n) is 19.2. The van der Waals surface area contributed by atoms with E-state index in [4.69, 9.17) is 0 Å². The Morgan fingerprint density at radius 1 is 0.562 bits per heavy atom. The zero-order valence-corrected chi connectivity index (χ0v) is 19.2. The zero-order chi connectivity index (χ0) is 22.7. The summed E-state index contributed by atoms with van der Waals surface area (Å²) in [4.78, 5) is 23.8. The molecule has 2 amide bonds. The van der Waals surface area contributed by atoms with E-state index in [9.17, 15) is 9.59 Å². The Balaban J connectivity index is 1.30. The fourth-order valence-corrected chi connectivity index (χ4v) is 3.50. The van der Waals surface area contributed by atoms with Crippen LogP contribution in [0.25, 0.3) is 0 Å². The van der Waals surface area contributed by atoms with Crippen LogP contribution < -0.4 is 21.3 Å². The summed E-state index contributed by atoms with van der Waals surface area (Å²) in [7, 11) is 0. The first-order chi connectivity index (χ1) is 15.7. The van der Waals surface area contributed by atoms with Crippen molar-refractivity contribution < 1.29 is 20.2 Å². The summed E-state index contributed by atoms with van der Waals surface area (Å²) in [5.41, 5.74) is 2.11. The van der Waals surface area contributed by atoms with Gasteiger partial charge in [-0.15, -0.1) is 0 Å². The molecule has 174 valence electrons. The van der Waals surface area contributed by atoms with E-state index in [1.807, 2.05) is 60.7 Å². The van der Waals surface area contributed by atoms with E-state index in [1.165, 1.54) is 12.8 Å². The van der Waals surface area contributed by atoms with Crippen LogP contribution in [-0.4, -0.2) is 51.1 Å². The van der Waals surface area contributed by atoms with E-state index in [0.29, 0.717) is 12.8 Å². The van der Waals surface area contributed by atoms with Crippen molar-refractivity contribution >= 4 is 11.8 Å².